The summed E-state index contributed by atoms with van der Waals surface area (Å²) in [5, 5.41) is 23.0. The lowest BCUT2D eigenvalue weighted by atomic mass is 9.78. The molecular weight excluding hydrogens is 1010 g/mol. The molecule has 0 radical (unpaired) electrons. The van der Waals surface area contributed by atoms with Crippen molar-refractivity contribution in [1.29, 1.82) is 0 Å². The van der Waals surface area contributed by atoms with Crippen molar-refractivity contribution >= 4 is 5.97 Å². The highest BCUT2D eigenvalue weighted by atomic mass is 16.8. The number of carbonyl (C=O) groups excluding carboxylic acids is 1. The topological polar surface area (TPSA) is 222 Å². The molecule has 16 fully saturated rings. The molecule has 16 heterocycles. The van der Waals surface area contributed by atoms with E-state index < -0.39 is 90.1 Å². The van der Waals surface area contributed by atoms with Gasteiger partial charge in [0.2, 0.25) is 0 Å². The summed E-state index contributed by atoms with van der Waals surface area (Å²) < 4.78 is 103. The molecule has 3 spiro atoms. The van der Waals surface area contributed by atoms with Gasteiger partial charge in [0.15, 0.2) is 17.4 Å². The molecule has 19 heteroatoms. The number of carbonyl (C=O) groups is 1. The molecule has 16 saturated heterocycles. The van der Waals surface area contributed by atoms with Crippen LogP contribution in [0, 0.1) is 23.7 Å². The molecule has 0 aromatic heterocycles. The van der Waals surface area contributed by atoms with Gasteiger partial charge >= 0.3 is 5.97 Å². The average Bonchev–Trinajstić information content (AvgIpc) is 4.27. The number of aliphatic hydroxyl groups is 2. The largest absolute Gasteiger partial charge is 0.459 e. The monoisotopic (exact) mass is 1100 g/mol. The minimum Gasteiger partial charge on any atom is -0.459 e. The van der Waals surface area contributed by atoms with Crippen LogP contribution in [0.4, 0.5) is 0 Å². The molecular formula is C59H85NO18. The van der Waals surface area contributed by atoms with Gasteiger partial charge in [-0.25, -0.2) is 0 Å². The molecule has 0 saturated carbocycles. The molecule has 16 aliphatic rings. The van der Waals surface area contributed by atoms with Crippen molar-refractivity contribution < 1.29 is 86.1 Å². The number of hydrogen-bond donors (Lipinski definition) is 3. The Labute approximate surface area is 457 Å². The Morgan fingerprint density at radius 2 is 1.26 bits per heavy atom. The summed E-state index contributed by atoms with van der Waals surface area (Å²) in [4.78, 5) is 14.6. The van der Waals surface area contributed by atoms with Crippen LogP contribution in [0.1, 0.15) is 137 Å². The molecule has 0 amide bonds. The smallest absolute Gasteiger partial charge is 0.308 e. The maximum Gasteiger partial charge on any atom is 0.308 e. The second-order valence-electron chi connectivity index (χ2n) is 27.4. The van der Waals surface area contributed by atoms with E-state index in [0.717, 1.165) is 30.4 Å². The Bertz CT molecular complexity index is 2360. The average molecular weight is 1100 g/mol. The van der Waals surface area contributed by atoms with E-state index in [-0.39, 0.29) is 122 Å². The van der Waals surface area contributed by atoms with E-state index in [2.05, 4.69) is 40.9 Å². The van der Waals surface area contributed by atoms with Crippen LogP contribution < -0.4 is 5.73 Å². The maximum atomic E-state index is 14.6. The quantitative estimate of drug-likeness (QED) is 0.243. The van der Waals surface area contributed by atoms with E-state index in [4.69, 9.17) is 76.8 Å². The molecule has 434 valence electrons. The zero-order valence-corrected chi connectivity index (χ0v) is 46.1. The molecule has 0 aromatic rings. The Morgan fingerprint density at radius 1 is 0.551 bits per heavy atom. The minimum atomic E-state index is -1.35. The Morgan fingerprint density at radius 3 is 2.09 bits per heavy atom. The van der Waals surface area contributed by atoms with Gasteiger partial charge in [-0.3, -0.25) is 4.79 Å². The van der Waals surface area contributed by atoms with Gasteiger partial charge in [-0.1, -0.05) is 40.9 Å². The van der Waals surface area contributed by atoms with Crippen LogP contribution in [-0.4, -0.2) is 192 Å². The maximum absolute atomic E-state index is 14.6. The van der Waals surface area contributed by atoms with Crippen LogP contribution in [0.15, 0.2) is 24.3 Å². The number of fused-ring (bicyclic) bond motifs is 10. The van der Waals surface area contributed by atoms with Crippen LogP contribution in [-0.2, 0) is 75.8 Å². The first kappa shape index (κ1) is 53.0. The summed E-state index contributed by atoms with van der Waals surface area (Å²) in [6.07, 6.45) is -0.281. The third-order valence-electron chi connectivity index (χ3n) is 22.1. The van der Waals surface area contributed by atoms with E-state index in [0.29, 0.717) is 77.0 Å². The summed E-state index contributed by atoms with van der Waals surface area (Å²) in [6, 6.07) is 0. The van der Waals surface area contributed by atoms with Gasteiger partial charge in [-0.2, -0.15) is 0 Å². The van der Waals surface area contributed by atoms with Crippen molar-refractivity contribution in [2.75, 3.05) is 6.54 Å². The van der Waals surface area contributed by atoms with Gasteiger partial charge in [0, 0.05) is 63.8 Å². The highest BCUT2D eigenvalue weighted by Gasteiger charge is 2.77. The molecule has 32 atom stereocenters. The van der Waals surface area contributed by atoms with Crippen molar-refractivity contribution in [2.45, 2.75) is 307 Å². The minimum absolute atomic E-state index is 0.0222. The van der Waals surface area contributed by atoms with Crippen LogP contribution in [0.5, 0.6) is 0 Å². The van der Waals surface area contributed by atoms with Crippen LogP contribution >= 0.6 is 0 Å². The van der Waals surface area contributed by atoms with E-state index in [1.807, 2.05) is 6.92 Å². The molecule has 4 N–H and O–H groups in total. The standard InChI is InChI=1S/C59H85NO18/c1-25-14-31-8-10-35-26(2)15-33(64-35)12-13-59-55(63)56(7)54(78-59)53-52(75-56)51(77-59)50-36(68-53)11-9-32(66-50)16-45(62)71-49-30(6)48-40(67-39(49)18-37(65-31)29(25)5)19-38-42(69-48)22-58(72-38)23-43-47(76-58)28(4)21-57(74-43)20-27(3)46-41(73-57)17-34(61)44(24-60)70-46/h25,27-28,30-44,46-55,61,63H,2,5,8-24,60H2,1,3-4,6-7H3. The number of nitrogens with two attached hydrogens (primary N) is 1. The van der Waals surface area contributed by atoms with Gasteiger partial charge in [-0.15, -0.1) is 0 Å². The number of ether oxygens (including phenoxy) is 15. The summed E-state index contributed by atoms with van der Waals surface area (Å²) in [6.45, 7) is 20.0. The molecule has 16 rings (SSSR count). The van der Waals surface area contributed by atoms with Crippen molar-refractivity contribution in [2.24, 2.45) is 29.4 Å². The highest BCUT2D eigenvalue weighted by Crippen LogP contribution is 2.60. The predicted octanol–water partition coefficient (Wildman–Crippen LogP) is 4.50. The second kappa shape index (κ2) is 19.1. The van der Waals surface area contributed by atoms with Crippen molar-refractivity contribution in [3.8, 4) is 0 Å². The molecule has 0 aromatic carbocycles. The lowest BCUT2D eigenvalue weighted by molar-refractivity contribution is -0.370. The van der Waals surface area contributed by atoms with Crippen molar-refractivity contribution in [3.05, 3.63) is 24.3 Å². The zero-order chi connectivity index (χ0) is 53.5. The first-order valence-corrected chi connectivity index (χ1v) is 30.3. The highest BCUT2D eigenvalue weighted by molar-refractivity contribution is 5.70. The Hall–Kier alpha value is -1.73. The lowest BCUT2D eigenvalue weighted by Crippen LogP contribution is -2.63. The normalized spacial score (nSPS) is 60.0. The van der Waals surface area contributed by atoms with Gasteiger partial charge in [-0.05, 0) is 80.8 Å². The first-order chi connectivity index (χ1) is 37.4. The number of rotatable bonds is 1. The third-order valence-corrected chi connectivity index (χ3v) is 22.1. The molecule has 16 aliphatic heterocycles. The molecule has 19 nitrogen and oxygen atoms in total. The Balaban J connectivity index is 0.674. The number of hydrogen-bond acceptors (Lipinski definition) is 19. The molecule has 32 unspecified atom stereocenters. The molecule has 12 bridgehead atoms. The first-order valence-electron chi connectivity index (χ1n) is 30.3. The summed E-state index contributed by atoms with van der Waals surface area (Å²) in [7, 11) is 0. The molecule has 78 heavy (non-hydrogen) atoms. The van der Waals surface area contributed by atoms with Crippen LogP contribution in [0.3, 0.4) is 0 Å². The zero-order valence-electron chi connectivity index (χ0n) is 46.1. The van der Waals surface area contributed by atoms with E-state index in [9.17, 15) is 15.0 Å². The van der Waals surface area contributed by atoms with E-state index in [1.165, 1.54) is 0 Å². The van der Waals surface area contributed by atoms with Crippen LogP contribution in [0.2, 0.25) is 0 Å². The summed E-state index contributed by atoms with van der Waals surface area (Å²) >= 11 is 0. The van der Waals surface area contributed by atoms with E-state index in [1.54, 1.807) is 0 Å². The van der Waals surface area contributed by atoms with E-state index >= 15 is 0 Å². The van der Waals surface area contributed by atoms with Crippen molar-refractivity contribution in [1.82, 2.24) is 0 Å². The number of aliphatic hydroxyl groups excluding tert-OH is 2. The van der Waals surface area contributed by atoms with Gasteiger partial charge < -0.3 is 87.0 Å². The summed E-state index contributed by atoms with van der Waals surface area (Å²) in [5.41, 5.74) is 7.01. The Kier molecular flexibility index (Phi) is 13.0. The SMILES string of the molecule is C=C1CC2CCC34OC5C6OC(CCC6OC6C5OC(C)(C6O3)C4O)CC(=O)OC3C(CC4OC(CCC1O2)CC(C)C4=C)OC1CC2OC4(CC2OC1C3C)CC1OC2(CC(C)C3OC(CN)C(O)CC3O2)CC(C)C1O4. The predicted molar refractivity (Wildman–Crippen MR) is 271 cm³/mol. The fourth-order valence-corrected chi connectivity index (χ4v) is 18.2. The van der Waals surface area contributed by atoms with Gasteiger partial charge in [0.1, 0.15) is 48.3 Å². The van der Waals surface area contributed by atoms with Crippen LogP contribution in [0.25, 0.3) is 0 Å². The fraction of sp³-hybridized carbons (Fsp3) is 0.915. The number of esters is 1. The fourth-order valence-electron chi connectivity index (χ4n) is 18.2. The third kappa shape index (κ3) is 8.45. The summed E-state index contributed by atoms with van der Waals surface area (Å²) in [5.74, 6) is -3.25. The van der Waals surface area contributed by atoms with Crippen molar-refractivity contribution in [3.63, 3.8) is 0 Å². The van der Waals surface area contributed by atoms with Gasteiger partial charge in [0.25, 0.3) is 0 Å². The lowest BCUT2D eigenvalue weighted by Gasteiger charge is -2.54. The van der Waals surface area contributed by atoms with Gasteiger partial charge in [0.05, 0.1) is 110 Å². The molecule has 0 aliphatic carbocycles. The second-order valence-corrected chi connectivity index (χ2v) is 27.4.